The number of likely N-dealkylation sites (tertiary alicyclic amines) is 1. The van der Waals surface area contributed by atoms with Crippen LogP contribution in [0.5, 0.6) is 0 Å². The van der Waals surface area contributed by atoms with Gasteiger partial charge in [0.15, 0.2) is 0 Å². The highest BCUT2D eigenvalue weighted by atomic mass is 32.1. The summed E-state index contributed by atoms with van der Waals surface area (Å²) in [5.74, 6) is 4.36. The van der Waals surface area contributed by atoms with Gasteiger partial charge in [0, 0.05) is 22.7 Å². The van der Waals surface area contributed by atoms with Gasteiger partial charge in [-0.25, -0.2) is 14.8 Å². The number of rotatable bonds is 4. The highest BCUT2D eigenvalue weighted by Gasteiger charge is 2.41. The molecule has 2 aromatic carbocycles. The van der Waals surface area contributed by atoms with Crippen molar-refractivity contribution in [3.8, 4) is 21.8 Å². The van der Waals surface area contributed by atoms with E-state index in [-0.39, 0.29) is 12.1 Å². The number of thiophene rings is 1. The van der Waals surface area contributed by atoms with Gasteiger partial charge in [-0.1, -0.05) is 30.7 Å². The van der Waals surface area contributed by atoms with E-state index in [0.29, 0.717) is 12.5 Å². The number of fused-ring (bicyclic) bond motifs is 5. The molecule has 0 radical (unpaired) electrons. The van der Waals surface area contributed by atoms with E-state index < -0.39 is 5.60 Å². The predicted molar refractivity (Wildman–Crippen MR) is 168 cm³/mol. The van der Waals surface area contributed by atoms with Crippen LogP contribution in [0.15, 0.2) is 48.8 Å². The van der Waals surface area contributed by atoms with E-state index in [1.165, 1.54) is 57.2 Å². The van der Waals surface area contributed by atoms with Crippen molar-refractivity contribution in [2.45, 2.75) is 76.9 Å². The molecule has 3 aromatic heterocycles. The van der Waals surface area contributed by atoms with Crippen LogP contribution in [0.2, 0.25) is 0 Å². The largest absolute Gasteiger partial charge is 0.444 e. The Bertz CT molecular complexity index is 1810. The van der Waals surface area contributed by atoms with Crippen molar-refractivity contribution in [3.63, 3.8) is 0 Å². The van der Waals surface area contributed by atoms with Crippen LogP contribution in [0, 0.1) is 11.8 Å². The monoisotopic (exact) mass is 579 g/mol. The molecule has 2 bridgehead atoms. The Kier molecular flexibility index (Phi) is 6.00. The molecule has 4 heterocycles. The molecule has 3 fully saturated rings. The van der Waals surface area contributed by atoms with Crippen LogP contribution in [-0.4, -0.2) is 43.1 Å². The Morgan fingerprint density at radius 1 is 0.952 bits per heavy atom. The third-order valence-corrected chi connectivity index (χ3v) is 10.8. The lowest BCUT2D eigenvalue weighted by atomic mass is 9.88. The normalized spacial score (nSPS) is 23.9. The molecule has 3 aliphatic rings. The van der Waals surface area contributed by atoms with Crippen LogP contribution >= 0.6 is 11.3 Å². The van der Waals surface area contributed by atoms with E-state index in [1.54, 1.807) is 4.90 Å². The van der Waals surface area contributed by atoms with E-state index >= 15 is 0 Å². The number of benzene rings is 2. The highest BCUT2D eigenvalue weighted by Crippen LogP contribution is 2.52. The molecule has 0 unspecified atom stereocenters. The second kappa shape index (κ2) is 9.69. The molecule has 1 amide bonds. The fourth-order valence-electron chi connectivity index (χ4n) is 7.60. The van der Waals surface area contributed by atoms with Gasteiger partial charge in [-0.3, -0.25) is 4.90 Å². The number of nitrogens with zero attached hydrogens (tertiary/aromatic N) is 3. The third kappa shape index (κ3) is 4.51. The number of ether oxygens (including phenoxy) is 1. The zero-order chi connectivity index (χ0) is 28.6. The van der Waals surface area contributed by atoms with Crippen molar-refractivity contribution in [1.29, 1.82) is 0 Å². The zero-order valence-corrected chi connectivity index (χ0v) is 25.3. The number of carbonyl (C=O) groups is 1. The summed E-state index contributed by atoms with van der Waals surface area (Å²) < 4.78 is 6.95. The summed E-state index contributed by atoms with van der Waals surface area (Å²) >= 11 is 1.84. The first-order valence-corrected chi connectivity index (χ1v) is 16.2. The first-order chi connectivity index (χ1) is 20.3. The molecule has 2 N–H and O–H groups in total. The molecule has 7 nitrogen and oxygen atoms in total. The molecule has 8 heteroatoms. The number of hydrogen-bond acceptors (Lipinski definition) is 5. The van der Waals surface area contributed by atoms with Gasteiger partial charge in [0.05, 0.1) is 34.7 Å². The minimum Gasteiger partial charge on any atom is -0.444 e. The second-order valence-corrected chi connectivity index (χ2v) is 14.6. The molecule has 0 spiro atoms. The van der Waals surface area contributed by atoms with E-state index in [4.69, 9.17) is 14.7 Å². The van der Waals surface area contributed by atoms with Crippen LogP contribution in [0.3, 0.4) is 0 Å². The first-order valence-electron chi connectivity index (χ1n) is 15.4. The van der Waals surface area contributed by atoms with Gasteiger partial charge in [-0.05, 0) is 93.0 Å². The van der Waals surface area contributed by atoms with Crippen LogP contribution in [0.1, 0.15) is 82.9 Å². The van der Waals surface area contributed by atoms with E-state index in [0.717, 1.165) is 47.5 Å². The summed E-state index contributed by atoms with van der Waals surface area (Å²) in [5, 5.41) is 3.72. The Morgan fingerprint density at radius 3 is 2.57 bits per heavy atom. The summed E-state index contributed by atoms with van der Waals surface area (Å²) in [4.78, 5) is 32.6. The second-order valence-electron chi connectivity index (χ2n) is 13.5. The number of carbonyl (C=O) groups excluding carboxylic acids is 1. The zero-order valence-electron chi connectivity index (χ0n) is 24.4. The summed E-state index contributed by atoms with van der Waals surface area (Å²) in [6, 6.07) is 13.3. The minimum atomic E-state index is -0.519. The van der Waals surface area contributed by atoms with Crippen molar-refractivity contribution in [3.05, 3.63) is 60.4 Å². The number of imidazole rings is 2. The average molecular weight is 580 g/mol. The Morgan fingerprint density at radius 2 is 1.76 bits per heavy atom. The first kappa shape index (κ1) is 26.0. The summed E-state index contributed by atoms with van der Waals surface area (Å²) in [7, 11) is 0. The minimum absolute atomic E-state index is 0.0926. The molecular weight excluding hydrogens is 542 g/mol. The fraction of sp³-hybridized carbons (Fsp3) is 0.441. The smallest absolute Gasteiger partial charge is 0.410 e. The van der Waals surface area contributed by atoms with Crippen molar-refractivity contribution in [2.24, 2.45) is 11.8 Å². The van der Waals surface area contributed by atoms with Gasteiger partial charge in [0.1, 0.15) is 17.2 Å². The molecule has 5 aromatic rings. The van der Waals surface area contributed by atoms with Gasteiger partial charge < -0.3 is 14.7 Å². The van der Waals surface area contributed by atoms with E-state index in [9.17, 15) is 4.79 Å². The summed E-state index contributed by atoms with van der Waals surface area (Å²) in [6.45, 7) is 6.39. The van der Waals surface area contributed by atoms with Gasteiger partial charge >= 0.3 is 6.09 Å². The fourth-order valence-corrected chi connectivity index (χ4v) is 8.76. The Labute approximate surface area is 249 Å². The number of nitrogens with one attached hydrogen (secondary N) is 2. The quantitative estimate of drug-likeness (QED) is 0.223. The Balaban J connectivity index is 1.05. The molecule has 42 heavy (non-hydrogen) atoms. The average Bonchev–Trinajstić information content (AvgIpc) is 3.80. The van der Waals surface area contributed by atoms with Gasteiger partial charge in [0.25, 0.3) is 0 Å². The lowest BCUT2D eigenvalue weighted by molar-refractivity contribution is 0.0218. The standard InChI is InChI=1S/C34H37N5O2S/c1-34(2,3)41-33(40)39-12-4-5-28(39)32-36-17-26(37-32)22-10-11-24-21(15-22)8-9-23-16-29(42-30(23)24)27-18-35-31(38-27)25-14-19-6-7-20(25)13-19/h8-11,15-20,25,28H,4-7,12-14H2,1-3H3,(H,35,38)(H,36,37)/t19-,20+,25+,28+/m1/s1. The Hall–Kier alpha value is -3.65. The lowest BCUT2D eigenvalue weighted by Gasteiger charge is -2.27. The van der Waals surface area contributed by atoms with Crippen LogP contribution in [0.4, 0.5) is 4.79 Å². The van der Waals surface area contributed by atoms with Gasteiger partial charge in [0.2, 0.25) is 0 Å². The molecule has 4 atom stereocenters. The molecule has 1 aliphatic heterocycles. The van der Waals surface area contributed by atoms with Crippen molar-refractivity contribution >= 4 is 38.3 Å². The molecule has 2 saturated carbocycles. The number of H-pyrrole nitrogens is 2. The van der Waals surface area contributed by atoms with Crippen LogP contribution in [0.25, 0.3) is 42.7 Å². The number of amides is 1. The number of hydrogen-bond donors (Lipinski definition) is 2. The molecule has 216 valence electrons. The van der Waals surface area contributed by atoms with Gasteiger partial charge in [-0.2, -0.15) is 0 Å². The molecular formula is C34H37N5O2S. The van der Waals surface area contributed by atoms with Crippen molar-refractivity contribution in [1.82, 2.24) is 24.8 Å². The number of aromatic amines is 2. The molecule has 2 aliphatic carbocycles. The van der Waals surface area contributed by atoms with Crippen LogP contribution < -0.4 is 0 Å². The van der Waals surface area contributed by atoms with E-state index in [2.05, 4.69) is 46.4 Å². The summed E-state index contributed by atoms with van der Waals surface area (Å²) in [6.07, 6.45) is 10.9. The van der Waals surface area contributed by atoms with E-state index in [1.807, 2.05) is 44.5 Å². The van der Waals surface area contributed by atoms with Gasteiger partial charge in [-0.15, -0.1) is 11.3 Å². The highest BCUT2D eigenvalue weighted by molar-refractivity contribution is 7.23. The van der Waals surface area contributed by atoms with Crippen molar-refractivity contribution < 1.29 is 9.53 Å². The maximum absolute atomic E-state index is 12.8. The molecule has 8 rings (SSSR count). The predicted octanol–water partition coefficient (Wildman–Crippen LogP) is 8.81. The lowest BCUT2D eigenvalue weighted by Crippen LogP contribution is -2.36. The SMILES string of the molecule is CC(C)(C)OC(=O)N1CCC[C@H]1c1ncc(-c2ccc3c(ccc4cc(-c5cnc([C@H]6C[C@@H]7CC[C@H]6C7)[nH]5)sc43)c2)[nH]1. The van der Waals surface area contributed by atoms with Crippen LogP contribution in [-0.2, 0) is 4.74 Å². The topological polar surface area (TPSA) is 86.9 Å². The van der Waals surface area contributed by atoms with Crippen molar-refractivity contribution in [2.75, 3.05) is 6.54 Å². The maximum atomic E-state index is 12.8. The third-order valence-electron chi connectivity index (χ3n) is 9.55. The summed E-state index contributed by atoms with van der Waals surface area (Å²) in [5.41, 5.74) is 2.66. The molecule has 1 saturated heterocycles. The number of aromatic nitrogens is 4. The maximum Gasteiger partial charge on any atom is 0.410 e.